The van der Waals surface area contributed by atoms with Gasteiger partial charge in [-0.1, -0.05) is 18.2 Å². The number of fused-ring (bicyclic) bond motifs is 1. The van der Waals surface area contributed by atoms with Crippen LogP contribution in [0.25, 0.3) is 10.9 Å². The zero-order valence-electron chi connectivity index (χ0n) is 22.8. The van der Waals surface area contributed by atoms with Crippen LogP contribution in [0.15, 0.2) is 43.0 Å². The van der Waals surface area contributed by atoms with E-state index in [1.165, 1.54) is 19.4 Å². The molecule has 41 heavy (non-hydrogen) atoms. The molecule has 3 rings (SSSR count). The van der Waals surface area contributed by atoms with E-state index >= 15 is 0 Å². The number of nitrogens with one attached hydrogen (secondary N) is 5. The lowest BCUT2D eigenvalue weighted by Gasteiger charge is -2.25. The largest absolute Gasteiger partial charge is 0.480 e. The van der Waals surface area contributed by atoms with Crippen LogP contribution < -0.4 is 27.4 Å². The molecular weight excluding hydrogens is 532 g/mol. The van der Waals surface area contributed by atoms with E-state index in [0.717, 1.165) is 16.5 Å². The molecule has 0 spiro atoms. The Morgan fingerprint density at radius 1 is 0.976 bits per heavy atom. The molecule has 5 atom stereocenters. The number of carboxylic acids is 1. The van der Waals surface area contributed by atoms with Gasteiger partial charge in [0, 0.05) is 35.4 Å². The molecule has 222 valence electrons. The number of imidazole rings is 1. The molecule has 11 N–H and O–H groups in total. The number of carbonyl (C=O) groups excluding carboxylic acids is 3. The molecule has 3 amide bonds. The lowest BCUT2D eigenvalue weighted by molar-refractivity contribution is -0.145. The summed E-state index contributed by atoms with van der Waals surface area (Å²) in [6.07, 6.45) is 4.80. The van der Waals surface area contributed by atoms with Gasteiger partial charge < -0.3 is 47.6 Å². The number of carbonyl (C=O) groups is 4. The van der Waals surface area contributed by atoms with Gasteiger partial charge in [0.25, 0.3) is 0 Å². The van der Waals surface area contributed by atoms with Crippen molar-refractivity contribution in [2.24, 2.45) is 11.5 Å². The number of benzene rings is 1. The second-order valence-corrected chi connectivity index (χ2v) is 9.92. The highest BCUT2D eigenvalue weighted by molar-refractivity contribution is 5.94. The molecule has 1 aromatic carbocycles. The number of aromatic amines is 2. The molecule has 3 aromatic rings. The Morgan fingerprint density at radius 2 is 1.68 bits per heavy atom. The number of nitrogens with zero attached hydrogens (tertiary/aromatic N) is 1. The smallest absolute Gasteiger partial charge is 0.328 e. The topological polar surface area (TPSA) is 241 Å². The minimum atomic E-state index is -1.59. The maximum atomic E-state index is 13.4. The average molecular weight is 571 g/mol. The first-order chi connectivity index (χ1) is 19.6. The third kappa shape index (κ3) is 8.86. The number of aromatic nitrogens is 3. The lowest BCUT2D eigenvalue weighted by Crippen LogP contribution is -2.59. The third-order valence-electron chi connectivity index (χ3n) is 6.69. The number of aliphatic carboxylic acids is 1. The van der Waals surface area contributed by atoms with Gasteiger partial charge in [-0.05, 0) is 50.8 Å². The van der Waals surface area contributed by atoms with Gasteiger partial charge in [-0.15, -0.1) is 0 Å². The minimum Gasteiger partial charge on any atom is -0.480 e. The van der Waals surface area contributed by atoms with Gasteiger partial charge in [0.05, 0.1) is 18.5 Å². The Balaban J connectivity index is 1.73. The molecule has 0 aliphatic rings. The van der Waals surface area contributed by atoms with Gasteiger partial charge in [0.1, 0.15) is 12.1 Å². The van der Waals surface area contributed by atoms with Crippen LogP contribution in [-0.4, -0.2) is 85.7 Å². The quantitative estimate of drug-likeness (QED) is 0.0963. The number of rotatable bonds is 16. The number of aliphatic hydroxyl groups excluding tert-OH is 1. The van der Waals surface area contributed by atoms with Gasteiger partial charge in [-0.25, -0.2) is 9.78 Å². The van der Waals surface area contributed by atoms with Crippen LogP contribution in [0, 0.1) is 0 Å². The second kappa shape index (κ2) is 14.9. The van der Waals surface area contributed by atoms with Crippen molar-refractivity contribution in [2.75, 3.05) is 6.54 Å². The third-order valence-corrected chi connectivity index (χ3v) is 6.69. The molecule has 0 fully saturated rings. The molecule has 0 aliphatic heterocycles. The van der Waals surface area contributed by atoms with E-state index in [-0.39, 0.29) is 19.3 Å². The molecule has 5 unspecified atom stereocenters. The van der Waals surface area contributed by atoms with Crippen molar-refractivity contribution in [3.63, 3.8) is 0 Å². The Morgan fingerprint density at radius 3 is 2.34 bits per heavy atom. The number of unbranched alkanes of at least 4 members (excludes halogenated alkanes) is 1. The highest BCUT2D eigenvalue weighted by atomic mass is 16.4. The summed E-state index contributed by atoms with van der Waals surface area (Å²) in [5.41, 5.74) is 14.1. The zero-order chi connectivity index (χ0) is 29.9. The van der Waals surface area contributed by atoms with Gasteiger partial charge in [-0.2, -0.15) is 0 Å². The summed E-state index contributed by atoms with van der Waals surface area (Å²) in [7, 11) is 0. The van der Waals surface area contributed by atoms with Crippen LogP contribution in [0.1, 0.15) is 37.4 Å². The molecule has 0 bridgehead atoms. The summed E-state index contributed by atoms with van der Waals surface area (Å²) in [5, 5.41) is 27.7. The fourth-order valence-electron chi connectivity index (χ4n) is 4.41. The summed E-state index contributed by atoms with van der Waals surface area (Å²) < 4.78 is 0. The van der Waals surface area contributed by atoms with Crippen LogP contribution in [-0.2, 0) is 32.0 Å². The molecule has 2 heterocycles. The first-order valence-electron chi connectivity index (χ1n) is 13.4. The highest BCUT2D eigenvalue weighted by Crippen LogP contribution is 2.19. The van der Waals surface area contributed by atoms with Crippen molar-refractivity contribution in [3.8, 4) is 0 Å². The van der Waals surface area contributed by atoms with Crippen molar-refractivity contribution in [1.29, 1.82) is 0 Å². The Hall–Kier alpha value is -4.27. The van der Waals surface area contributed by atoms with Crippen molar-refractivity contribution in [2.45, 2.75) is 69.3 Å². The number of carboxylic acid groups (broad SMARTS) is 1. The van der Waals surface area contributed by atoms with Crippen molar-refractivity contribution in [1.82, 2.24) is 30.9 Å². The van der Waals surface area contributed by atoms with Crippen LogP contribution in [0.3, 0.4) is 0 Å². The average Bonchev–Trinajstić information content (AvgIpc) is 3.60. The van der Waals surface area contributed by atoms with Crippen LogP contribution in [0.5, 0.6) is 0 Å². The fourth-order valence-corrected chi connectivity index (χ4v) is 4.41. The Bertz CT molecular complexity index is 1310. The van der Waals surface area contributed by atoms with E-state index in [9.17, 15) is 29.4 Å². The number of para-hydroxylation sites is 1. The maximum absolute atomic E-state index is 13.4. The molecule has 14 heteroatoms. The second-order valence-electron chi connectivity index (χ2n) is 9.92. The molecular formula is C27H38N8O6. The molecule has 0 radical (unpaired) electrons. The van der Waals surface area contributed by atoms with Gasteiger partial charge in [0.15, 0.2) is 6.04 Å². The summed E-state index contributed by atoms with van der Waals surface area (Å²) in [6.45, 7) is 1.62. The summed E-state index contributed by atoms with van der Waals surface area (Å²) in [5.74, 6) is -3.46. The van der Waals surface area contributed by atoms with E-state index in [4.69, 9.17) is 11.5 Å². The standard InChI is InChI=1S/C27H38N8O6/c1-15(36)23(27(40)41)35-26(39)22(11-17-13-30-14-32-17)34-25(38)21(8-4-5-9-28)33-24(37)19(29)10-16-12-31-20-7-3-2-6-18(16)20/h2-3,6-7,12-15,19,21-23,31,36H,4-5,8-11,28-29H2,1H3,(H,30,32)(H,33,37)(H,34,38)(H,35,39)(H,40,41). The number of hydrogen-bond acceptors (Lipinski definition) is 8. The Kier molecular flexibility index (Phi) is 11.4. The summed E-state index contributed by atoms with van der Waals surface area (Å²) in [4.78, 5) is 61.0. The number of H-pyrrole nitrogens is 2. The first-order valence-corrected chi connectivity index (χ1v) is 13.4. The van der Waals surface area contributed by atoms with E-state index < -0.39 is 54.0 Å². The summed E-state index contributed by atoms with van der Waals surface area (Å²) in [6, 6.07) is 2.80. The maximum Gasteiger partial charge on any atom is 0.328 e. The fraction of sp³-hybridized carbons (Fsp3) is 0.444. The van der Waals surface area contributed by atoms with Crippen LogP contribution >= 0.6 is 0 Å². The SMILES string of the molecule is CC(O)C(NC(=O)C(Cc1cnc[nH]1)NC(=O)C(CCCCN)NC(=O)C(N)Cc1c[nH]c2ccccc12)C(=O)O. The van der Waals surface area contributed by atoms with Crippen molar-refractivity contribution >= 4 is 34.6 Å². The molecule has 0 aliphatic carbocycles. The predicted molar refractivity (Wildman–Crippen MR) is 150 cm³/mol. The number of aliphatic hydroxyl groups is 1. The lowest BCUT2D eigenvalue weighted by atomic mass is 10.0. The number of amides is 3. The molecule has 2 aromatic heterocycles. The number of hydrogen-bond donors (Lipinski definition) is 9. The van der Waals surface area contributed by atoms with E-state index in [2.05, 4.69) is 30.9 Å². The van der Waals surface area contributed by atoms with Crippen molar-refractivity contribution in [3.05, 3.63) is 54.2 Å². The highest BCUT2D eigenvalue weighted by Gasteiger charge is 2.32. The molecule has 0 saturated heterocycles. The first kappa shape index (κ1) is 31.3. The molecule has 0 saturated carbocycles. The van der Waals surface area contributed by atoms with Crippen molar-refractivity contribution < 1.29 is 29.4 Å². The molecule has 14 nitrogen and oxygen atoms in total. The number of nitrogens with two attached hydrogens (primary N) is 2. The van der Waals surface area contributed by atoms with Gasteiger partial charge in [-0.3, -0.25) is 14.4 Å². The van der Waals surface area contributed by atoms with Crippen LogP contribution in [0.2, 0.25) is 0 Å². The van der Waals surface area contributed by atoms with E-state index in [0.29, 0.717) is 25.1 Å². The Labute approximate surface area is 236 Å². The minimum absolute atomic E-state index is 0.0483. The van der Waals surface area contributed by atoms with E-state index in [1.54, 1.807) is 6.20 Å². The van der Waals surface area contributed by atoms with Gasteiger partial charge >= 0.3 is 5.97 Å². The van der Waals surface area contributed by atoms with Crippen LogP contribution in [0.4, 0.5) is 0 Å². The van der Waals surface area contributed by atoms with E-state index in [1.807, 2.05) is 24.3 Å². The zero-order valence-corrected chi connectivity index (χ0v) is 22.8. The predicted octanol–water partition coefficient (Wildman–Crippen LogP) is -0.948. The summed E-state index contributed by atoms with van der Waals surface area (Å²) >= 11 is 0. The monoisotopic (exact) mass is 570 g/mol. The normalized spacial score (nSPS) is 14.9. The van der Waals surface area contributed by atoms with Gasteiger partial charge in [0.2, 0.25) is 17.7 Å².